The van der Waals surface area contributed by atoms with Crippen LogP contribution in [-0.4, -0.2) is 16.8 Å². The minimum Gasteiger partial charge on any atom is -0.504 e. The third-order valence-electron chi connectivity index (χ3n) is 1.62. The average Bonchev–Trinajstić information content (AvgIpc) is 2.11. The molecule has 0 aliphatic rings. The van der Waals surface area contributed by atoms with E-state index in [0.29, 0.717) is 0 Å². The van der Waals surface area contributed by atoms with Crippen molar-refractivity contribution < 1.29 is 27.8 Å². The van der Waals surface area contributed by atoms with Crippen LogP contribution in [0.3, 0.4) is 0 Å². The van der Waals surface area contributed by atoms with Gasteiger partial charge in [-0.3, -0.25) is 0 Å². The lowest BCUT2D eigenvalue weighted by Gasteiger charge is -2.15. The standard InChI is InChI=1S/C8H6F4O2/c9-4-1-5(8(11,12)3-13)7(14)6(10)2-4/h1-2,13-14H,3H2. The van der Waals surface area contributed by atoms with Crippen molar-refractivity contribution in [1.82, 2.24) is 0 Å². The Labute approximate surface area is 76.4 Å². The van der Waals surface area contributed by atoms with Crippen molar-refractivity contribution in [2.24, 2.45) is 0 Å². The molecule has 0 radical (unpaired) electrons. The van der Waals surface area contributed by atoms with Crippen LogP contribution < -0.4 is 0 Å². The lowest BCUT2D eigenvalue weighted by atomic mass is 10.1. The maximum Gasteiger partial charge on any atom is 0.299 e. The monoisotopic (exact) mass is 210 g/mol. The number of hydrogen-bond acceptors (Lipinski definition) is 2. The molecule has 0 fully saturated rings. The Bertz CT molecular complexity index is 351. The molecule has 0 aliphatic heterocycles. The molecule has 0 atom stereocenters. The average molecular weight is 210 g/mol. The number of alkyl halides is 2. The molecular formula is C8H6F4O2. The van der Waals surface area contributed by atoms with Gasteiger partial charge < -0.3 is 10.2 Å². The van der Waals surface area contributed by atoms with Crippen molar-refractivity contribution in [1.29, 1.82) is 0 Å². The Morgan fingerprint density at radius 3 is 2.29 bits per heavy atom. The first kappa shape index (κ1) is 10.8. The number of phenols is 1. The van der Waals surface area contributed by atoms with Crippen molar-refractivity contribution in [3.05, 3.63) is 29.3 Å². The predicted molar refractivity (Wildman–Crippen MR) is 39.0 cm³/mol. The number of benzene rings is 1. The molecule has 1 rings (SSSR count). The number of aromatic hydroxyl groups is 1. The highest BCUT2D eigenvalue weighted by molar-refractivity contribution is 5.37. The maximum atomic E-state index is 12.8. The van der Waals surface area contributed by atoms with Gasteiger partial charge in [0.15, 0.2) is 11.6 Å². The van der Waals surface area contributed by atoms with Crippen molar-refractivity contribution >= 4 is 0 Å². The van der Waals surface area contributed by atoms with E-state index in [1.807, 2.05) is 0 Å². The quantitative estimate of drug-likeness (QED) is 0.730. The van der Waals surface area contributed by atoms with Crippen LogP contribution in [0.5, 0.6) is 5.75 Å². The first-order valence-corrected chi connectivity index (χ1v) is 3.55. The van der Waals surface area contributed by atoms with Gasteiger partial charge in [-0.05, 0) is 6.07 Å². The number of rotatable bonds is 2. The third-order valence-corrected chi connectivity index (χ3v) is 1.62. The number of halogens is 4. The first-order chi connectivity index (χ1) is 6.38. The van der Waals surface area contributed by atoms with E-state index in [1.165, 1.54) is 0 Å². The summed E-state index contributed by atoms with van der Waals surface area (Å²) < 4.78 is 50.6. The van der Waals surface area contributed by atoms with E-state index in [9.17, 15) is 17.6 Å². The van der Waals surface area contributed by atoms with E-state index in [2.05, 4.69) is 0 Å². The summed E-state index contributed by atoms with van der Waals surface area (Å²) in [4.78, 5) is 0. The van der Waals surface area contributed by atoms with Gasteiger partial charge in [-0.1, -0.05) is 0 Å². The van der Waals surface area contributed by atoms with Gasteiger partial charge in [0, 0.05) is 6.07 Å². The molecule has 2 nitrogen and oxygen atoms in total. The molecule has 0 saturated carbocycles. The highest BCUT2D eigenvalue weighted by atomic mass is 19.3. The second-order valence-electron chi connectivity index (χ2n) is 2.65. The zero-order valence-electron chi connectivity index (χ0n) is 6.77. The van der Waals surface area contributed by atoms with E-state index >= 15 is 0 Å². The van der Waals surface area contributed by atoms with Crippen LogP contribution in [0.1, 0.15) is 5.56 Å². The van der Waals surface area contributed by atoms with Crippen LogP contribution in [-0.2, 0) is 5.92 Å². The van der Waals surface area contributed by atoms with E-state index in [1.54, 1.807) is 0 Å². The van der Waals surface area contributed by atoms with Gasteiger partial charge in [-0.15, -0.1) is 0 Å². The minimum absolute atomic E-state index is 0.270. The zero-order valence-corrected chi connectivity index (χ0v) is 6.77. The third kappa shape index (κ3) is 1.79. The van der Waals surface area contributed by atoms with Gasteiger partial charge in [0.2, 0.25) is 0 Å². The molecule has 6 heteroatoms. The van der Waals surface area contributed by atoms with E-state index in [4.69, 9.17) is 10.2 Å². The highest BCUT2D eigenvalue weighted by Gasteiger charge is 2.35. The number of phenolic OH excluding ortho intramolecular Hbond substituents is 1. The summed E-state index contributed by atoms with van der Waals surface area (Å²) >= 11 is 0. The van der Waals surface area contributed by atoms with Gasteiger partial charge in [0.1, 0.15) is 12.4 Å². The fourth-order valence-corrected chi connectivity index (χ4v) is 0.930. The van der Waals surface area contributed by atoms with Crippen LogP contribution in [0.2, 0.25) is 0 Å². The van der Waals surface area contributed by atoms with Gasteiger partial charge in [-0.2, -0.15) is 8.78 Å². The molecule has 78 valence electrons. The van der Waals surface area contributed by atoms with E-state index in [0.717, 1.165) is 0 Å². The largest absolute Gasteiger partial charge is 0.504 e. The topological polar surface area (TPSA) is 40.5 Å². The summed E-state index contributed by atoms with van der Waals surface area (Å²) in [6.07, 6.45) is 0. The molecule has 0 unspecified atom stereocenters. The van der Waals surface area contributed by atoms with Gasteiger partial charge in [0.05, 0.1) is 5.56 Å². The molecule has 1 aromatic carbocycles. The SMILES string of the molecule is OCC(F)(F)c1cc(F)cc(F)c1O. The summed E-state index contributed by atoms with van der Waals surface area (Å²) in [5.41, 5.74) is -1.27. The lowest BCUT2D eigenvalue weighted by molar-refractivity contribution is -0.0576. The maximum absolute atomic E-state index is 12.8. The van der Waals surface area contributed by atoms with Crippen molar-refractivity contribution in [3.63, 3.8) is 0 Å². The second kappa shape index (κ2) is 3.45. The Morgan fingerprint density at radius 1 is 1.21 bits per heavy atom. The lowest BCUT2D eigenvalue weighted by Crippen LogP contribution is -2.19. The molecule has 0 amide bonds. The van der Waals surface area contributed by atoms with Gasteiger partial charge >= 0.3 is 0 Å². The minimum atomic E-state index is -3.87. The van der Waals surface area contributed by atoms with Crippen LogP contribution in [0.15, 0.2) is 12.1 Å². The Hall–Kier alpha value is -1.30. The fraction of sp³-hybridized carbons (Fsp3) is 0.250. The summed E-state index contributed by atoms with van der Waals surface area (Å²) in [6.45, 7) is -1.64. The van der Waals surface area contributed by atoms with Crippen LogP contribution in [0, 0.1) is 11.6 Å². The molecule has 14 heavy (non-hydrogen) atoms. The summed E-state index contributed by atoms with van der Waals surface area (Å²) in [6, 6.07) is 0.543. The molecule has 0 saturated heterocycles. The molecule has 0 spiro atoms. The van der Waals surface area contributed by atoms with Gasteiger partial charge in [-0.25, -0.2) is 8.78 Å². The number of aliphatic hydroxyl groups is 1. The molecule has 1 aromatic rings. The Morgan fingerprint density at radius 2 is 1.79 bits per heavy atom. The fourth-order valence-electron chi connectivity index (χ4n) is 0.930. The normalized spacial score (nSPS) is 11.8. The van der Waals surface area contributed by atoms with Crippen LogP contribution in [0.4, 0.5) is 17.6 Å². The molecule has 0 aliphatic carbocycles. The van der Waals surface area contributed by atoms with E-state index < -0.39 is 35.5 Å². The molecule has 2 N–H and O–H groups in total. The second-order valence-corrected chi connectivity index (χ2v) is 2.65. The molecule has 0 heterocycles. The number of aliphatic hydroxyl groups excluding tert-OH is 1. The highest BCUT2D eigenvalue weighted by Crippen LogP contribution is 2.35. The molecule has 0 aromatic heterocycles. The van der Waals surface area contributed by atoms with Crippen molar-refractivity contribution in [3.8, 4) is 5.75 Å². The summed E-state index contributed by atoms with van der Waals surface area (Å²) in [5, 5.41) is 17.1. The summed E-state index contributed by atoms with van der Waals surface area (Å²) in [7, 11) is 0. The van der Waals surface area contributed by atoms with Crippen LogP contribution in [0.25, 0.3) is 0 Å². The van der Waals surface area contributed by atoms with Crippen molar-refractivity contribution in [2.45, 2.75) is 5.92 Å². The Kier molecular flexibility index (Phi) is 2.66. The smallest absolute Gasteiger partial charge is 0.299 e. The summed E-state index contributed by atoms with van der Waals surface area (Å²) in [5.74, 6) is -7.96. The van der Waals surface area contributed by atoms with Crippen LogP contribution >= 0.6 is 0 Å². The Balaban J connectivity index is 3.34. The van der Waals surface area contributed by atoms with Gasteiger partial charge in [0.25, 0.3) is 5.92 Å². The zero-order chi connectivity index (χ0) is 10.9. The number of hydrogen-bond donors (Lipinski definition) is 2. The van der Waals surface area contributed by atoms with Crippen molar-refractivity contribution in [2.75, 3.05) is 6.61 Å². The molecule has 0 bridgehead atoms. The predicted octanol–water partition coefficient (Wildman–Crippen LogP) is 1.75. The van der Waals surface area contributed by atoms with E-state index in [-0.39, 0.29) is 12.1 Å². The first-order valence-electron chi connectivity index (χ1n) is 3.55. The molecular weight excluding hydrogens is 204 g/mol.